The van der Waals surface area contributed by atoms with Gasteiger partial charge in [-0.15, -0.1) is 0 Å². The van der Waals surface area contributed by atoms with Crippen molar-refractivity contribution >= 4 is 23.2 Å². The third-order valence-corrected chi connectivity index (χ3v) is 3.13. The van der Waals surface area contributed by atoms with Crippen LogP contribution in [0.1, 0.15) is 35.7 Å². The van der Waals surface area contributed by atoms with Crippen LogP contribution >= 0.6 is 0 Å². The maximum atomic E-state index is 13.3. The van der Waals surface area contributed by atoms with Gasteiger partial charge in [-0.1, -0.05) is 0 Å². The van der Waals surface area contributed by atoms with E-state index in [0.29, 0.717) is 30.6 Å². The number of carbonyl (C=O) groups excluding carboxylic acids is 3. The SMILES string of the molecule is CC(=O)CCCN1C(=O)C(=O)c2cc(F)cc(C)c21. The second-order valence-corrected chi connectivity index (χ2v) is 4.71. The minimum absolute atomic E-state index is 0.0361. The van der Waals surface area contributed by atoms with E-state index < -0.39 is 17.5 Å². The number of fused-ring (bicyclic) bond motifs is 1. The third kappa shape index (κ3) is 2.41. The zero-order valence-electron chi connectivity index (χ0n) is 10.8. The number of anilines is 1. The molecule has 0 fully saturated rings. The normalized spacial score (nSPS) is 13.9. The standard InChI is InChI=1S/C14H14FNO3/c1-8-6-10(15)7-11-12(8)16(14(19)13(11)18)5-3-4-9(2)17/h6-7H,3-5H2,1-2H3. The lowest BCUT2D eigenvalue weighted by molar-refractivity contribution is -0.117. The van der Waals surface area contributed by atoms with Crippen LogP contribution in [0.2, 0.25) is 0 Å². The van der Waals surface area contributed by atoms with Crippen LogP contribution in [0.15, 0.2) is 12.1 Å². The molecule has 4 nitrogen and oxygen atoms in total. The Labute approximate surface area is 110 Å². The molecule has 0 bridgehead atoms. The summed E-state index contributed by atoms with van der Waals surface area (Å²) in [4.78, 5) is 35.9. The second-order valence-electron chi connectivity index (χ2n) is 4.71. The van der Waals surface area contributed by atoms with Gasteiger partial charge in [-0.05, 0) is 38.0 Å². The van der Waals surface area contributed by atoms with E-state index >= 15 is 0 Å². The Bertz CT molecular complexity index is 580. The summed E-state index contributed by atoms with van der Waals surface area (Å²) in [7, 11) is 0. The number of hydrogen-bond donors (Lipinski definition) is 0. The molecule has 1 aromatic carbocycles. The fourth-order valence-corrected chi connectivity index (χ4v) is 2.31. The Morgan fingerprint density at radius 3 is 2.63 bits per heavy atom. The van der Waals surface area contributed by atoms with Gasteiger partial charge in [0.25, 0.3) is 11.7 Å². The number of carbonyl (C=O) groups is 3. The summed E-state index contributed by atoms with van der Waals surface area (Å²) in [5, 5.41) is 0. The smallest absolute Gasteiger partial charge is 0.299 e. The van der Waals surface area contributed by atoms with E-state index in [1.807, 2.05) is 0 Å². The molecule has 100 valence electrons. The predicted octanol–water partition coefficient (Wildman–Crippen LogP) is 2.03. The number of ketones is 2. The van der Waals surface area contributed by atoms with Crippen LogP contribution in [0, 0.1) is 12.7 Å². The molecule has 2 rings (SSSR count). The van der Waals surface area contributed by atoms with Gasteiger partial charge in [0.2, 0.25) is 0 Å². The van der Waals surface area contributed by atoms with Gasteiger partial charge in [0.15, 0.2) is 0 Å². The number of aryl methyl sites for hydroxylation is 1. The van der Waals surface area contributed by atoms with Crippen molar-refractivity contribution < 1.29 is 18.8 Å². The van der Waals surface area contributed by atoms with E-state index in [-0.39, 0.29) is 11.3 Å². The highest BCUT2D eigenvalue weighted by atomic mass is 19.1. The third-order valence-electron chi connectivity index (χ3n) is 3.13. The van der Waals surface area contributed by atoms with Gasteiger partial charge in [0.05, 0.1) is 11.3 Å². The zero-order chi connectivity index (χ0) is 14.2. The minimum atomic E-state index is -0.680. The van der Waals surface area contributed by atoms with Gasteiger partial charge in [0, 0.05) is 13.0 Å². The van der Waals surface area contributed by atoms with Crippen LogP contribution in [-0.4, -0.2) is 24.0 Å². The van der Waals surface area contributed by atoms with E-state index in [0.717, 1.165) is 6.07 Å². The molecule has 0 spiro atoms. The van der Waals surface area contributed by atoms with Gasteiger partial charge >= 0.3 is 0 Å². The molecule has 0 radical (unpaired) electrons. The van der Waals surface area contributed by atoms with E-state index in [1.54, 1.807) is 6.92 Å². The van der Waals surface area contributed by atoms with E-state index in [1.165, 1.54) is 17.9 Å². The Hall–Kier alpha value is -2.04. The van der Waals surface area contributed by atoms with Crippen molar-refractivity contribution in [3.63, 3.8) is 0 Å². The molecule has 0 aromatic heterocycles. The highest BCUT2D eigenvalue weighted by Gasteiger charge is 2.37. The van der Waals surface area contributed by atoms with Crippen molar-refractivity contribution in [2.24, 2.45) is 0 Å². The Kier molecular flexibility index (Phi) is 3.46. The van der Waals surface area contributed by atoms with Gasteiger partial charge in [-0.25, -0.2) is 4.39 Å². The highest BCUT2D eigenvalue weighted by molar-refractivity contribution is 6.52. The molecule has 5 heteroatoms. The molecular formula is C14H14FNO3. The average Bonchev–Trinajstić information content (AvgIpc) is 2.54. The summed E-state index contributed by atoms with van der Waals surface area (Å²) in [6.45, 7) is 3.43. The van der Waals surface area contributed by atoms with Crippen LogP contribution in [-0.2, 0) is 9.59 Å². The number of Topliss-reactive ketones (excluding diaryl/α,β-unsaturated/α-hetero) is 2. The fraction of sp³-hybridized carbons (Fsp3) is 0.357. The van der Waals surface area contributed by atoms with Gasteiger partial charge in [0.1, 0.15) is 11.6 Å². The number of amides is 1. The highest BCUT2D eigenvalue weighted by Crippen LogP contribution is 2.33. The van der Waals surface area contributed by atoms with Crippen LogP contribution in [0.3, 0.4) is 0 Å². The molecule has 0 atom stereocenters. The molecule has 0 saturated carbocycles. The maximum absolute atomic E-state index is 13.3. The minimum Gasteiger partial charge on any atom is -0.304 e. The van der Waals surface area contributed by atoms with Crippen LogP contribution < -0.4 is 4.90 Å². The summed E-state index contributed by atoms with van der Waals surface area (Å²) in [5.41, 5.74) is 1.14. The molecule has 1 aromatic rings. The first-order valence-electron chi connectivity index (χ1n) is 6.07. The van der Waals surface area contributed by atoms with Crippen LogP contribution in [0.4, 0.5) is 10.1 Å². The summed E-state index contributed by atoms with van der Waals surface area (Å²) in [6.07, 6.45) is 0.845. The summed E-state index contributed by atoms with van der Waals surface area (Å²) in [5.74, 6) is -1.82. The van der Waals surface area contributed by atoms with Crippen molar-refractivity contribution in [1.82, 2.24) is 0 Å². The molecule has 0 aliphatic carbocycles. The largest absolute Gasteiger partial charge is 0.304 e. The van der Waals surface area contributed by atoms with Crippen molar-refractivity contribution in [3.05, 3.63) is 29.1 Å². The van der Waals surface area contributed by atoms with Crippen molar-refractivity contribution in [2.75, 3.05) is 11.4 Å². The number of hydrogen-bond acceptors (Lipinski definition) is 3. The van der Waals surface area contributed by atoms with Crippen molar-refractivity contribution in [3.8, 4) is 0 Å². The van der Waals surface area contributed by atoms with E-state index in [9.17, 15) is 18.8 Å². The molecule has 0 saturated heterocycles. The maximum Gasteiger partial charge on any atom is 0.299 e. The first-order chi connectivity index (χ1) is 8.91. The van der Waals surface area contributed by atoms with Crippen LogP contribution in [0.25, 0.3) is 0 Å². The lowest BCUT2D eigenvalue weighted by atomic mass is 10.1. The number of nitrogens with zero attached hydrogens (tertiary/aromatic N) is 1. The van der Waals surface area contributed by atoms with Crippen LogP contribution in [0.5, 0.6) is 0 Å². The van der Waals surface area contributed by atoms with Gasteiger partial charge < -0.3 is 9.69 Å². The number of halogens is 1. The molecule has 1 aliphatic rings. The van der Waals surface area contributed by atoms with Gasteiger partial charge in [-0.3, -0.25) is 9.59 Å². The Morgan fingerprint density at radius 2 is 2.00 bits per heavy atom. The number of rotatable bonds is 4. The van der Waals surface area contributed by atoms with Crippen molar-refractivity contribution in [2.45, 2.75) is 26.7 Å². The Balaban J connectivity index is 2.31. The fourth-order valence-electron chi connectivity index (χ4n) is 2.31. The topological polar surface area (TPSA) is 54.5 Å². The quantitative estimate of drug-likeness (QED) is 0.781. The lowest BCUT2D eigenvalue weighted by Gasteiger charge is -2.18. The van der Waals surface area contributed by atoms with Crippen molar-refractivity contribution in [1.29, 1.82) is 0 Å². The van der Waals surface area contributed by atoms with E-state index in [4.69, 9.17) is 0 Å². The second kappa shape index (κ2) is 4.91. The monoisotopic (exact) mass is 263 g/mol. The molecule has 1 aliphatic heterocycles. The predicted molar refractivity (Wildman–Crippen MR) is 67.7 cm³/mol. The summed E-state index contributed by atoms with van der Waals surface area (Å²) < 4.78 is 13.3. The average molecular weight is 263 g/mol. The molecule has 1 heterocycles. The molecular weight excluding hydrogens is 249 g/mol. The summed E-state index contributed by atoms with van der Waals surface area (Å²) >= 11 is 0. The zero-order valence-corrected chi connectivity index (χ0v) is 10.8. The molecule has 19 heavy (non-hydrogen) atoms. The van der Waals surface area contributed by atoms with Gasteiger partial charge in [-0.2, -0.15) is 0 Å². The molecule has 1 amide bonds. The molecule has 0 N–H and O–H groups in total. The molecule has 0 unspecified atom stereocenters. The Morgan fingerprint density at radius 1 is 1.32 bits per heavy atom. The summed E-state index contributed by atoms with van der Waals surface area (Å²) in [6, 6.07) is 2.39. The number of benzene rings is 1. The lowest BCUT2D eigenvalue weighted by Crippen LogP contribution is -2.31. The van der Waals surface area contributed by atoms with E-state index in [2.05, 4.69) is 0 Å². The first kappa shape index (κ1) is 13.4. The first-order valence-corrected chi connectivity index (χ1v) is 6.07.